The van der Waals surface area contributed by atoms with Crippen LogP contribution >= 0.6 is 43.5 Å². The van der Waals surface area contributed by atoms with E-state index < -0.39 is 0 Å². The summed E-state index contributed by atoms with van der Waals surface area (Å²) in [6, 6.07) is 4.26. The van der Waals surface area contributed by atoms with E-state index in [-0.39, 0.29) is 0 Å². The fraction of sp³-hybridized carbons (Fsp3) is 0.600. The zero-order valence-corrected chi connectivity index (χ0v) is 14.9. The number of hydrogen-bond donors (Lipinski definition) is 0. The third-order valence-corrected chi connectivity index (χ3v) is 5.23. The minimum Gasteiger partial charge on any atom is -0.0819 e. The highest BCUT2D eigenvalue weighted by Crippen LogP contribution is 2.32. The molecule has 0 unspecified atom stereocenters. The molecule has 0 spiro atoms. The Morgan fingerprint density at radius 3 is 1.94 bits per heavy atom. The van der Waals surface area contributed by atoms with E-state index in [2.05, 4.69) is 50.9 Å². The lowest BCUT2D eigenvalue weighted by molar-refractivity contribution is 0.589. The summed E-state index contributed by atoms with van der Waals surface area (Å²) < 4.78 is 1.97. The SMILES string of the molecule is CCCCCCCCCc1cc(Br)c(Cl)c(Br)c1. The molecule has 0 bridgehead atoms. The van der Waals surface area contributed by atoms with E-state index in [1.165, 1.54) is 50.5 Å². The van der Waals surface area contributed by atoms with E-state index in [4.69, 9.17) is 11.6 Å². The lowest BCUT2D eigenvalue weighted by Crippen LogP contribution is -1.88. The van der Waals surface area contributed by atoms with E-state index in [0.29, 0.717) is 0 Å². The van der Waals surface area contributed by atoms with Gasteiger partial charge in [-0.15, -0.1) is 0 Å². The molecule has 0 heterocycles. The number of hydrogen-bond acceptors (Lipinski definition) is 0. The van der Waals surface area contributed by atoms with E-state index in [9.17, 15) is 0 Å². The number of unbranched alkanes of at least 4 members (excludes halogenated alkanes) is 6. The first-order valence-electron chi connectivity index (χ1n) is 6.78. The summed E-state index contributed by atoms with van der Waals surface area (Å²) in [5.41, 5.74) is 1.35. The van der Waals surface area contributed by atoms with Gasteiger partial charge in [0.2, 0.25) is 0 Å². The molecule has 0 atom stereocenters. The summed E-state index contributed by atoms with van der Waals surface area (Å²) in [4.78, 5) is 0. The van der Waals surface area contributed by atoms with Crippen LogP contribution in [0.25, 0.3) is 0 Å². The Bertz CT molecular complexity index is 341. The molecule has 1 aromatic rings. The van der Waals surface area contributed by atoms with Gasteiger partial charge in [0.25, 0.3) is 0 Å². The molecule has 0 N–H and O–H groups in total. The van der Waals surface area contributed by atoms with Crippen LogP contribution in [-0.2, 0) is 6.42 Å². The fourth-order valence-corrected chi connectivity index (χ4v) is 3.43. The summed E-state index contributed by atoms with van der Waals surface area (Å²) >= 11 is 13.1. The molecule has 3 heteroatoms. The van der Waals surface area contributed by atoms with E-state index >= 15 is 0 Å². The maximum absolute atomic E-state index is 6.09. The molecular formula is C15H21Br2Cl. The van der Waals surface area contributed by atoms with Crippen LogP contribution in [0.4, 0.5) is 0 Å². The van der Waals surface area contributed by atoms with Crippen LogP contribution in [0.3, 0.4) is 0 Å². The second-order valence-electron chi connectivity index (χ2n) is 4.74. The molecule has 0 aliphatic rings. The van der Waals surface area contributed by atoms with E-state index in [1.807, 2.05) is 0 Å². The molecule has 0 radical (unpaired) electrons. The Hall–Kier alpha value is 0.470. The molecule has 1 rings (SSSR count). The molecule has 1 aromatic carbocycles. The average molecular weight is 397 g/mol. The second-order valence-corrected chi connectivity index (χ2v) is 6.83. The maximum atomic E-state index is 6.09. The van der Waals surface area contributed by atoms with Gasteiger partial charge < -0.3 is 0 Å². The fourth-order valence-electron chi connectivity index (χ4n) is 2.04. The van der Waals surface area contributed by atoms with Crippen molar-refractivity contribution in [2.24, 2.45) is 0 Å². The van der Waals surface area contributed by atoms with Crippen LogP contribution in [0.15, 0.2) is 21.1 Å². The molecule has 102 valence electrons. The summed E-state index contributed by atoms with van der Waals surface area (Å²) in [5.74, 6) is 0. The van der Waals surface area contributed by atoms with Crippen LogP contribution < -0.4 is 0 Å². The minimum absolute atomic E-state index is 0.762. The van der Waals surface area contributed by atoms with Gasteiger partial charge in [0.15, 0.2) is 0 Å². The lowest BCUT2D eigenvalue weighted by Gasteiger charge is -2.06. The number of halogens is 3. The molecule has 18 heavy (non-hydrogen) atoms. The largest absolute Gasteiger partial charge is 0.0819 e. The Kier molecular flexibility index (Phi) is 8.62. The normalized spacial score (nSPS) is 10.9. The first-order chi connectivity index (χ1) is 8.65. The van der Waals surface area contributed by atoms with Gasteiger partial charge in [-0.2, -0.15) is 0 Å². The summed E-state index contributed by atoms with van der Waals surface area (Å²) in [5, 5.41) is 0.762. The topological polar surface area (TPSA) is 0 Å². The van der Waals surface area contributed by atoms with Crippen LogP contribution in [0.2, 0.25) is 5.02 Å². The van der Waals surface area contributed by atoms with Crippen molar-refractivity contribution >= 4 is 43.5 Å². The van der Waals surface area contributed by atoms with Gasteiger partial charge in [0, 0.05) is 8.95 Å². The van der Waals surface area contributed by atoms with Crippen molar-refractivity contribution in [3.8, 4) is 0 Å². The first kappa shape index (κ1) is 16.5. The average Bonchev–Trinajstić information content (AvgIpc) is 2.34. The molecular weight excluding hydrogens is 375 g/mol. The van der Waals surface area contributed by atoms with Gasteiger partial charge >= 0.3 is 0 Å². The predicted octanol–water partition coefficient (Wildman–Crippen LogP) is 7.16. The van der Waals surface area contributed by atoms with Crippen molar-refractivity contribution in [3.63, 3.8) is 0 Å². The highest BCUT2D eigenvalue weighted by molar-refractivity contribution is 9.11. The molecule has 0 saturated carbocycles. The number of aryl methyl sites for hydroxylation is 1. The standard InChI is InChI=1S/C15H21Br2Cl/c1-2-3-4-5-6-7-8-9-12-10-13(16)15(18)14(17)11-12/h10-11H,2-9H2,1H3. The van der Waals surface area contributed by atoms with Crippen molar-refractivity contribution in [1.82, 2.24) is 0 Å². The van der Waals surface area contributed by atoms with Crippen LogP contribution in [0, 0.1) is 0 Å². The van der Waals surface area contributed by atoms with Gasteiger partial charge in [0.05, 0.1) is 5.02 Å². The van der Waals surface area contributed by atoms with Crippen LogP contribution in [0.5, 0.6) is 0 Å². The molecule has 0 amide bonds. The molecule has 0 aliphatic heterocycles. The van der Waals surface area contributed by atoms with Gasteiger partial charge in [-0.25, -0.2) is 0 Å². The molecule has 0 aliphatic carbocycles. The molecule has 0 fully saturated rings. The van der Waals surface area contributed by atoms with Crippen molar-refractivity contribution in [3.05, 3.63) is 31.7 Å². The Morgan fingerprint density at radius 1 is 0.889 bits per heavy atom. The second kappa shape index (κ2) is 9.39. The van der Waals surface area contributed by atoms with Crippen LogP contribution in [-0.4, -0.2) is 0 Å². The smallest absolute Gasteiger partial charge is 0.0690 e. The van der Waals surface area contributed by atoms with Crippen molar-refractivity contribution in [2.45, 2.75) is 58.3 Å². The summed E-state index contributed by atoms with van der Waals surface area (Å²) in [6.07, 6.45) is 10.6. The third-order valence-electron chi connectivity index (χ3n) is 3.11. The monoisotopic (exact) mass is 394 g/mol. The zero-order chi connectivity index (χ0) is 13.4. The predicted molar refractivity (Wildman–Crippen MR) is 88.5 cm³/mol. The Morgan fingerprint density at radius 2 is 1.39 bits per heavy atom. The van der Waals surface area contributed by atoms with Crippen molar-refractivity contribution < 1.29 is 0 Å². The van der Waals surface area contributed by atoms with E-state index in [0.717, 1.165) is 20.4 Å². The van der Waals surface area contributed by atoms with Gasteiger partial charge in [-0.05, 0) is 62.4 Å². The maximum Gasteiger partial charge on any atom is 0.0690 e. The Balaban J connectivity index is 2.23. The third kappa shape index (κ3) is 6.08. The van der Waals surface area contributed by atoms with Crippen molar-refractivity contribution in [2.75, 3.05) is 0 Å². The molecule has 0 nitrogen and oxygen atoms in total. The number of benzene rings is 1. The molecule has 0 aromatic heterocycles. The van der Waals surface area contributed by atoms with Gasteiger partial charge in [0.1, 0.15) is 0 Å². The Labute approximate surface area is 133 Å². The van der Waals surface area contributed by atoms with Gasteiger partial charge in [-0.1, -0.05) is 57.0 Å². The highest BCUT2D eigenvalue weighted by Gasteiger charge is 2.04. The first-order valence-corrected chi connectivity index (χ1v) is 8.75. The highest BCUT2D eigenvalue weighted by atomic mass is 79.9. The van der Waals surface area contributed by atoms with Crippen LogP contribution in [0.1, 0.15) is 57.4 Å². The quantitative estimate of drug-likeness (QED) is 0.323. The lowest BCUT2D eigenvalue weighted by atomic mass is 10.0. The van der Waals surface area contributed by atoms with Gasteiger partial charge in [-0.3, -0.25) is 0 Å². The van der Waals surface area contributed by atoms with E-state index in [1.54, 1.807) is 0 Å². The number of rotatable bonds is 8. The summed E-state index contributed by atoms with van der Waals surface area (Å²) in [7, 11) is 0. The molecule has 0 saturated heterocycles. The summed E-state index contributed by atoms with van der Waals surface area (Å²) in [6.45, 7) is 2.26. The minimum atomic E-state index is 0.762. The zero-order valence-electron chi connectivity index (χ0n) is 10.9. The van der Waals surface area contributed by atoms with Crippen molar-refractivity contribution in [1.29, 1.82) is 0 Å².